The molecule has 0 bridgehead atoms. The molecule has 0 fully saturated rings. The average molecular weight is 219 g/mol. The molecular formula is C13H17NO2. The molecule has 3 nitrogen and oxygen atoms in total. The normalized spacial score (nSPS) is 13.7. The molecule has 0 aliphatic carbocycles. The number of amides is 1. The number of nitrogens with one attached hydrogen (secondary N) is 1. The molecule has 1 N–H and O–H groups in total. The van der Waals surface area contributed by atoms with Gasteiger partial charge in [0, 0.05) is 7.05 Å². The monoisotopic (exact) mass is 219 g/mol. The van der Waals surface area contributed by atoms with Crippen LogP contribution in [-0.4, -0.2) is 13.1 Å². The van der Waals surface area contributed by atoms with Crippen LogP contribution >= 0.6 is 0 Å². The van der Waals surface area contributed by atoms with E-state index in [9.17, 15) is 4.79 Å². The van der Waals surface area contributed by atoms with Gasteiger partial charge in [-0.3, -0.25) is 0 Å². The third-order valence-corrected chi connectivity index (χ3v) is 2.49. The Morgan fingerprint density at radius 1 is 1.56 bits per heavy atom. The van der Waals surface area contributed by atoms with Gasteiger partial charge in [-0.1, -0.05) is 36.4 Å². The molecule has 16 heavy (non-hydrogen) atoms. The lowest BCUT2D eigenvalue weighted by Gasteiger charge is -2.26. The van der Waals surface area contributed by atoms with Gasteiger partial charge in [0.1, 0.15) is 0 Å². The molecule has 1 rings (SSSR count). The SMILES string of the molecule is C=CC(C)(OC(=O)NC)c1cccc(C)c1. The molecule has 0 spiro atoms. The predicted octanol–water partition coefficient (Wildman–Crippen LogP) is 2.75. The highest BCUT2D eigenvalue weighted by molar-refractivity contribution is 5.67. The van der Waals surface area contributed by atoms with Crippen LogP contribution in [0.3, 0.4) is 0 Å². The molecule has 0 radical (unpaired) electrons. The van der Waals surface area contributed by atoms with Crippen LogP contribution in [0.15, 0.2) is 36.9 Å². The lowest BCUT2D eigenvalue weighted by molar-refractivity contribution is 0.0595. The molecule has 0 saturated heterocycles. The van der Waals surface area contributed by atoms with Crippen molar-refractivity contribution in [2.24, 2.45) is 0 Å². The number of rotatable bonds is 3. The van der Waals surface area contributed by atoms with Crippen molar-refractivity contribution in [2.75, 3.05) is 7.05 Å². The Bertz CT molecular complexity index is 401. The first-order chi connectivity index (χ1) is 7.51. The first-order valence-corrected chi connectivity index (χ1v) is 5.13. The third kappa shape index (κ3) is 2.63. The van der Waals surface area contributed by atoms with Gasteiger partial charge in [-0.25, -0.2) is 4.79 Å². The fourth-order valence-electron chi connectivity index (χ4n) is 1.42. The van der Waals surface area contributed by atoms with Gasteiger partial charge < -0.3 is 10.1 Å². The molecule has 0 aromatic heterocycles. The Morgan fingerprint density at radius 3 is 2.75 bits per heavy atom. The molecule has 1 atom stereocenters. The number of ether oxygens (including phenoxy) is 1. The fourth-order valence-corrected chi connectivity index (χ4v) is 1.42. The van der Waals surface area contributed by atoms with Crippen LogP contribution in [0.2, 0.25) is 0 Å². The van der Waals surface area contributed by atoms with Crippen molar-refractivity contribution >= 4 is 6.09 Å². The van der Waals surface area contributed by atoms with Crippen molar-refractivity contribution in [3.63, 3.8) is 0 Å². The molecule has 0 saturated carbocycles. The Balaban J connectivity index is 3.04. The molecule has 1 aromatic carbocycles. The summed E-state index contributed by atoms with van der Waals surface area (Å²) in [6, 6.07) is 7.81. The molecule has 1 amide bonds. The summed E-state index contributed by atoms with van der Waals surface area (Å²) in [4.78, 5) is 11.3. The van der Waals surface area contributed by atoms with Crippen LogP contribution in [0.25, 0.3) is 0 Å². The highest BCUT2D eigenvalue weighted by atomic mass is 16.6. The molecule has 86 valence electrons. The summed E-state index contributed by atoms with van der Waals surface area (Å²) in [5.41, 5.74) is 1.23. The van der Waals surface area contributed by atoms with Gasteiger partial charge in [0.15, 0.2) is 5.60 Å². The van der Waals surface area contributed by atoms with Gasteiger partial charge in [0.25, 0.3) is 0 Å². The zero-order valence-electron chi connectivity index (χ0n) is 9.91. The smallest absolute Gasteiger partial charge is 0.408 e. The summed E-state index contributed by atoms with van der Waals surface area (Å²) in [6.07, 6.45) is 1.15. The fraction of sp³-hybridized carbons (Fsp3) is 0.308. The Labute approximate surface area is 96.1 Å². The van der Waals surface area contributed by atoms with Crippen LogP contribution in [0.4, 0.5) is 4.79 Å². The molecule has 1 aromatic rings. The molecule has 0 aliphatic heterocycles. The lowest BCUT2D eigenvalue weighted by atomic mass is 9.94. The van der Waals surface area contributed by atoms with E-state index in [4.69, 9.17) is 4.74 Å². The number of hydrogen-bond donors (Lipinski definition) is 1. The largest absolute Gasteiger partial charge is 0.434 e. The van der Waals surface area contributed by atoms with Gasteiger partial charge in [-0.2, -0.15) is 0 Å². The van der Waals surface area contributed by atoms with E-state index in [0.717, 1.165) is 11.1 Å². The van der Waals surface area contributed by atoms with Crippen molar-refractivity contribution in [3.05, 3.63) is 48.0 Å². The van der Waals surface area contributed by atoms with Crippen molar-refractivity contribution in [1.82, 2.24) is 5.32 Å². The molecule has 3 heteroatoms. The Hall–Kier alpha value is -1.77. The quantitative estimate of drug-likeness (QED) is 0.794. The minimum absolute atomic E-state index is 0.469. The summed E-state index contributed by atoms with van der Waals surface area (Å²) in [5.74, 6) is 0. The molecule has 1 unspecified atom stereocenters. The number of hydrogen-bond acceptors (Lipinski definition) is 2. The van der Waals surface area contributed by atoms with Crippen molar-refractivity contribution in [1.29, 1.82) is 0 Å². The summed E-state index contributed by atoms with van der Waals surface area (Å²) in [7, 11) is 1.53. The maximum atomic E-state index is 11.3. The molecule has 0 aliphatic rings. The third-order valence-electron chi connectivity index (χ3n) is 2.49. The second-order valence-corrected chi connectivity index (χ2v) is 3.82. The van der Waals surface area contributed by atoms with Crippen molar-refractivity contribution in [2.45, 2.75) is 19.4 Å². The van der Waals surface area contributed by atoms with E-state index in [1.807, 2.05) is 38.1 Å². The van der Waals surface area contributed by atoms with Crippen LogP contribution in [0.5, 0.6) is 0 Å². The van der Waals surface area contributed by atoms with E-state index in [-0.39, 0.29) is 0 Å². The number of benzene rings is 1. The number of carbonyl (C=O) groups is 1. The molecular weight excluding hydrogens is 202 g/mol. The van der Waals surface area contributed by atoms with E-state index >= 15 is 0 Å². The van der Waals surface area contributed by atoms with Gasteiger partial charge in [-0.05, 0) is 25.5 Å². The first-order valence-electron chi connectivity index (χ1n) is 5.13. The van der Waals surface area contributed by atoms with E-state index in [0.29, 0.717) is 0 Å². The number of alkyl carbamates (subject to hydrolysis) is 1. The van der Waals surface area contributed by atoms with Gasteiger partial charge in [0.05, 0.1) is 0 Å². The van der Waals surface area contributed by atoms with Gasteiger partial charge in [-0.15, -0.1) is 0 Å². The summed E-state index contributed by atoms with van der Waals surface area (Å²) >= 11 is 0. The van der Waals surface area contributed by atoms with E-state index in [2.05, 4.69) is 11.9 Å². The second-order valence-electron chi connectivity index (χ2n) is 3.82. The van der Waals surface area contributed by atoms with Crippen molar-refractivity contribution in [3.8, 4) is 0 Å². The zero-order valence-corrected chi connectivity index (χ0v) is 9.91. The highest BCUT2D eigenvalue weighted by Crippen LogP contribution is 2.27. The summed E-state index contributed by atoms with van der Waals surface area (Å²) < 4.78 is 5.31. The van der Waals surface area contributed by atoms with Crippen LogP contribution in [0.1, 0.15) is 18.1 Å². The number of aryl methyl sites for hydroxylation is 1. The zero-order chi connectivity index (χ0) is 12.2. The van der Waals surface area contributed by atoms with Crippen LogP contribution in [-0.2, 0) is 10.3 Å². The van der Waals surface area contributed by atoms with Gasteiger partial charge >= 0.3 is 6.09 Å². The maximum Gasteiger partial charge on any atom is 0.408 e. The lowest BCUT2D eigenvalue weighted by Crippen LogP contribution is -2.31. The summed E-state index contributed by atoms with van der Waals surface area (Å²) in [6.45, 7) is 7.52. The maximum absolute atomic E-state index is 11.3. The predicted molar refractivity (Wildman–Crippen MR) is 64.3 cm³/mol. The molecule has 0 heterocycles. The van der Waals surface area contributed by atoms with E-state index in [1.54, 1.807) is 6.08 Å². The average Bonchev–Trinajstić information content (AvgIpc) is 2.28. The van der Waals surface area contributed by atoms with Crippen LogP contribution < -0.4 is 5.32 Å². The topological polar surface area (TPSA) is 38.3 Å². The minimum Gasteiger partial charge on any atom is -0.434 e. The van der Waals surface area contributed by atoms with Crippen molar-refractivity contribution < 1.29 is 9.53 Å². The second kappa shape index (κ2) is 4.84. The van der Waals surface area contributed by atoms with Crippen LogP contribution in [0, 0.1) is 6.92 Å². The summed E-state index contributed by atoms with van der Waals surface area (Å²) in [5, 5.41) is 2.43. The standard InChI is InChI=1S/C13H17NO2/c1-5-13(3,16-12(15)14-4)11-8-6-7-10(2)9-11/h5-9H,1H2,2-4H3,(H,14,15). The Morgan fingerprint density at radius 2 is 2.25 bits per heavy atom. The first kappa shape index (κ1) is 12.3. The van der Waals surface area contributed by atoms with Gasteiger partial charge in [0.2, 0.25) is 0 Å². The Kier molecular flexibility index (Phi) is 3.72. The van der Waals surface area contributed by atoms with E-state index in [1.165, 1.54) is 7.05 Å². The van der Waals surface area contributed by atoms with E-state index < -0.39 is 11.7 Å². The highest BCUT2D eigenvalue weighted by Gasteiger charge is 2.27. The minimum atomic E-state index is -0.799. The number of carbonyl (C=O) groups excluding carboxylic acids is 1.